The predicted octanol–water partition coefficient (Wildman–Crippen LogP) is 6.72. The Morgan fingerprint density at radius 2 is 1.85 bits per heavy atom. The molecule has 0 radical (unpaired) electrons. The van der Waals surface area contributed by atoms with Crippen molar-refractivity contribution in [1.29, 1.82) is 0 Å². The van der Waals surface area contributed by atoms with Crippen LogP contribution < -0.4 is 5.56 Å². The maximum absolute atomic E-state index is 13.3. The lowest BCUT2D eigenvalue weighted by molar-refractivity contribution is 0.104. The summed E-state index contributed by atoms with van der Waals surface area (Å²) in [6.45, 7) is 3.00. The zero-order valence-corrected chi connectivity index (χ0v) is 18.8. The van der Waals surface area contributed by atoms with E-state index in [1.165, 1.54) is 6.08 Å². The van der Waals surface area contributed by atoms with Gasteiger partial charge >= 0.3 is 0 Å². The number of carbonyl (C=O) groups excluding carboxylic acids is 1. The van der Waals surface area contributed by atoms with Gasteiger partial charge < -0.3 is 9.55 Å². The molecular formula is C28H21ClN2O2. The molecule has 5 rings (SSSR count). The molecule has 0 fully saturated rings. The fraction of sp³-hybridized carbons (Fsp3) is 0.0714. The highest BCUT2D eigenvalue weighted by molar-refractivity contribution is 6.31. The fourth-order valence-corrected chi connectivity index (χ4v) is 4.43. The lowest BCUT2D eigenvalue weighted by Gasteiger charge is -2.11. The molecule has 1 N–H and O–H groups in total. The van der Waals surface area contributed by atoms with Crippen LogP contribution >= 0.6 is 11.6 Å². The number of aromatic amines is 1. The third-order valence-corrected chi connectivity index (χ3v) is 6.08. The number of ketones is 1. The number of hydrogen-bond acceptors (Lipinski definition) is 2. The molecule has 0 bridgehead atoms. The number of fused-ring (bicyclic) bond motifs is 2. The summed E-state index contributed by atoms with van der Waals surface area (Å²) < 4.78 is 2.17. The zero-order chi connectivity index (χ0) is 22.9. The lowest BCUT2D eigenvalue weighted by atomic mass is 9.94. The Morgan fingerprint density at radius 3 is 2.64 bits per heavy atom. The highest BCUT2D eigenvalue weighted by atomic mass is 35.5. The molecule has 0 saturated heterocycles. The number of H-pyrrole nitrogens is 1. The molecule has 0 amide bonds. The van der Waals surface area contributed by atoms with Crippen molar-refractivity contribution in [2.24, 2.45) is 0 Å². The second-order valence-electron chi connectivity index (χ2n) is 7.88. The maximum Gasteiger partial charge on any atom is 0.260 e. The van der Waals surface area contributed by atoms with Gasteiger partial charge in [-0.2, -0.15) is 0 Å². The summed E-state index contributed by atoms with van der Waals surface area (Å²) in [5, 5.41) is 2.37. The first-order valence-electron chi connectivity index (χ1n) is 10.8. The summed E-state index contributed by atoms with van der Waals surface area (Å²) in [4.78, 5) is 29.2. The zero-order valence-electron chi connectivity index (χ0n) is 18.0. The fourth-order valence-electron chi connectivity index (χ4n) is 4.26. The van der Waals surface area contributed by atoms with Crippen molar-refractivity contribution >= 4 is 45.3 Å². The molecule has 5 aromatic rings. The minimum absolute atomic E-state index is 0.102. The van der Waals surface area contributed by atoms with Crippen molar-refractivity contribution < 1.29 is 4.79 Å². The Morgan fingerprint density at radius 1 is 1.03 bits per heavy atom. The second kappa shape index (κ2) is 8.57. The maximum atomic E-state index is 13.3. The molecule has 0 atom stereocenters. The number of allylic oxidation sites excluding steroid dienone is 1. The monoisotopic (exact) mass is 452 g/mol. The standard InChI is InChI=1S/C28H21ClN2O2/c1-2-31-15-14-20-16-18(8-12-24(20)31)9-13-25(32)27-26(19-6-4-3-5-7-19)22-17-21(29)10-11-23(22)30-28(27)33/h3-17H,2H2,1H3,(H,30,33)/b13-9+. The summed E-state index contributed by atoms with van der Waals surface area (Å²) in [5.74, 6) is -0.358. The molecule has 0 aliphatic heterocycles. The minimum atomic E-state index is -0.422. The van der Waals surface area contributed by atoms with Crippen molar-refractivity contribution in [3.8, 4) is 11.1 Å². The van der Waals surface area contributed by atoms with Crippen LogP contribution in [0.5, 0.6) is 0 Å². The normalized spacial score (nSPS) is 11.6. The molecule has 0 spiro atoms. The highest BCUT2D eigenvalue weighted by Crippen LogP contribution is 2.31. The van der Waals surface area contributed by atoms with Crippen molar-refractivity contribution in [1.82, 2.24) is 9.55 Å². The van der Waals surface area contributed by atoms with Crippen molar-refractivity contribution in [3.05, 3.63) is 112 Å². The van der Waals surface area contributed by atoms with Crippen molar-refractivity contribution in [2.45, 2.75) is 13.5 Å². The molecule has 3 aromatic carbocycles. The first-order chi connectivity index (χ1) is 16.0. The van der Waals surface area contributed by atoms with Crippen molar-refractivity contribution in [2.75, 3.05) is 0 Å². The van der Waals surface area contributed by atoms with E-state index >= 15 is 0 Å². The molecule has 5 heteroatoms. The van der Waals surface area contributed by atoms with E-state index in [1.54, 1.807) is 24.3 Å². The largest absolute Gasteiger partial charge is 0.348 e. The van der Waals surface area contributed by atoms with Crippen LogP contribution in [0.15, 0.2) is 89.9 Å². The molecule has 33 heavy (non-hydrogen) atoms. The first-order valence-corrected chi connectivity index (χ1v) is 11.1. The Bertz CT molecular complexity index is 1590. The molecule has 0 unspecified atom stereocenters. The molecule has 0 aliphatic carbocycles. The minimum Gasteiger partial charge on any atom is -0.348 e. The van der Waals surface area contributed by atoms with Gasteiger partial charge in [-0.15, -0.1) is 0 Å². The van der Waals surface area contributed by atoms with Crippen LogP contribution in [-0.4, -0.2) is 15.3 Å². The van der Waals surface area contributed by atoms with Gasteiger partial charge in [0.15, 0.2) is 5.78 Å². The first kappa shape index (κ1) is 21.0. The van der Waals surface area contributed by atoms with Crippen LogP contribution in [0.2, 0.25) is 5.02 Å². The lowest BCUT2D eigenvalue weighted by Crippen LogP contribution is -2.18. The number of nitrogens with zero attached hydrogens (tertiary/aromatic N) is 1. The van der Waals surface area contributed by atoms with E-state index in [2.05, 4.69) is 28.7 Å². The summed E-state index contributed by atoms with van der Waals surface area (Å²) in [6, 6.07) is 22.8. The average Bonchev–Trinajstić information content (AvgIpc) is 3.25. The van der Waals surface area contributed by atoms with Gasteiger partial charge in [0.2, 0.25) is 0 Å². The summed E-state index contributed by atoms with van der Waals surface area (Å²) in [7, 11) is 0. The van der Waals surface area contributed by atoms with E-state index in [4.69, 9.17) is 11.6 Å². The summed E-state index contributed by atoms with van der Waals surface area (Å²) >= 11 is 6.26. The number of benzene rings is 3. The van der Waals surface area contributed by atoms with Gasteiger partial charge in [0, 0.05) is 45.1 Å². The van der Waals surface area contributed by atoms with Gasteiger partial charge in [-0.1, -0.05) is 54.1 Å². The predicted molar refractivity (Wildman–Crippen MR) is 136 cm³/mol. The molecule has 2 aromatic heterocycles. The van der Waals surface area contributed by atoms with Gasteiger partial charge in [0.1, 0.15) is 0 Å². The third kappa shape index (κ3) is 3.90. The number of aryl methyl sites for hydroxylation is 1. The van der Waals surface area contributed by atoms with E-state index in [-0.39, 0.29) is 11.3 Å². The average molecular weight is 453 g/mol. The Labute approximate surface area is 195 Å². The second-order valence-corrected chi connectivity index (χ2v) is 8.31. The number of nitrogens with one attached hydrogen (secondary N) is 1. The number of hydrogen-bond donors (Lipinski definition) is 1. The molecular weight excluding hydrogens is 432 g/mol. The number of carbonyl (C=O) groups is 1. The van der Waals surface area contributed by atoms with E-state index < -0.39 is 5.56 Å². The van der Waals surface area contributed by atoms with Crippen LogP contribution in [0.25, 0.3) is 39.0 Å². The molecule has 0 saturated carbocycles. The van der Waals surface area contributed by atoms with Gasteiger partial charge in [-0.3, -0.25) is 9.59 Å². The van der Waals surface area contributed by atoms with Crippen LogP contribution in [0.1, 0.15) is 22.8 Å². The molecule has 4 nitrogen and oxygen atoms in total. The van der Waals surface area contributed by atoms with E-state index in [0.717, 1.165) is 34.0 Å². The molecule has 0 aliphatic rings. The summed E-state index contributed by atoms with van der Waals surface area (Å²) in [5.41, 5.74) is 3.73. The van der Waals surface area contributed by atoms with Gasteiger partial charge in [0.25, 0.3) is 5.56 Å². The van der Waals surface area contributed by atoms with Gasteiger partial charge in [-0.05, 0) is 60.5 Å². The van der Waals surface area contributed by atoms with E-state index in [0.29, 0.717) is 16.1 Å². The van der Waals surface area contributed by atoms with Crippen LogP contribution in [-0.2, 0) is 6.54 Å². The number of rotatable bonds is 5. The van der Waals surface area contributed by atoms with Crippen molar-refractivity contribution in [3.63, 3.8) is 0 Å². The van der Waals surface area contributed by atoms with Crippen LogP contribution in [0, 0.1) is 0 Å². The number of aromatic nitrogens is 2. The Balaban J connectivity index is 1.62. The molecule has 162 valence electrons. The van der Waals surface area contributed by atoms with Gasteiger partial charge in [0.05, 0.1) is 5.56 Å². The van der Waals surface area contributed by atoms with Crippen LogP contribution in [0.4, 0.5) is 0 Å². The van der Waals surface area contributed by atoms with E-state index in [9.17, 15) is 9.59 Å². The summed E-state index contributed by atoms with van der Waals surface area (Å²) in [6.07, 6.45) is 5.27. The molecule has 2 heterocycles. The Kier molecular flexibility index (Phi) is 5.45. The third-order valence-electron chi connectivity index (χ3n) is 5.85. The highest BCUT2D eigenvalue weighted by Gasteiger charge is 2.19. The quantitative estimate of drug-likeness (QED) is 0.238. The van der Waals surface area contributed by atoms with Gasteiger partial charge in [-0.25, -0.2) is 0 Å². The number of halogens is 1. The SMILES string of the molecule is CCn1ccc2cc(/C=C/C(=O)c3c(-c4ccccc4)c4cc(Cl)ccc4[nH]c3=O)ccc21. The Hall–Kier alpha value is -3.89. The van der Waals surface area contributed by atoms with E-state index in [1.807, 2.05) is 48.5 Å². The topological polar surface area (TPSA) is 54.9 Å². The smallest absolute Gasteiger partial charge is 0.260 e. The number of pyridine rings is 1. The van der Waals surface area contributed by atoms with Crippen LogP contribution in [0.3, 0.4) is 0 Å².